The van der Waals surface area contributed by atoms with Gasteiger partial charge in [0.05, 0.1) is 0 Å². The fourth-order valence-corrected chi connectivity index (χ4v) is 3.00. The van der Waals surface area contributed by atoms with Crippen LogP contribution in [0.3, 0.4) is 0 Å². The van der Waals surface area contributed by atoms with Crippen LogP contribution in [0.2, 0.25) is 0 Å². The van der Waals surface area contributed by atoms with Crippen LogP contribution in [-0.2, 0) is 6.42 Å². The van der Waals surface area contributed by atoms with E-state index in [-0.39, 0.29) is 0 Å². The number of benzene rings is 1. The summed E-state index contributed by atoms with van der Waals surface area (Å²) in [5, 5.41) is 0. The number of anilines is 2. The Bertz CT molecular complexity index is 851. The molecule has 2 heterocycles. The van der Waals surface area contributed by atoms with Gasteiger partial charge in [0, 0.05) is 51.2 Å². The van der Waals surface area contributed by atoms with Crippen molar-refractivity contribution in [2.24, 2.45) is 0 Å². The zero-order valence-corrected chi connectivity index (χ0v) is 17.0. The fourth-order valence-electron chi connectivity index (χ4n) is 3.00. The van der Waals surface area contributed by atoms with E-state index < -0.39 is 0 Å². The van der Waals surface area contributed by atoms with Gasteiger partial charge in [0.15, 0.2) is 5.82 Å². The molecular formula is C23H29N5. The first-order chi connectivity index (χ1) is 13.7. The van der Waals surface area contributed by atoms with Gasteiger partial charge in [-0.05, 0) is 30.5 Å². The Labute approximate surface area is 168 Å². The first-order valence-corrected chi connectivity index (χ1v) is 9.93. The highest BCUT2D eigenvalue weighted by Crippen LogP contribution is 2.24. The number of pyridine rings is 1. The molecule has 3 aromatic rings. The van der Waals surface area contributed by atoms with Crippen molar-refractivity contribution in [3.8, 4) is 11.4 Å². The molecule has 0 aliphatic rings. The molecule has 0 saturated carbocycles. The highest BCUT2D eigenvalue weighted by molar-refractivity contribution is 5.62. The van der Waals surface area contributed by atoms with E-state index in [2.05, 4.69) is 66.1 Å². The summed E-state index contributed by atoms with van der Waals surface area (Å²) in [5.41, 5.74) is 2.32. The highest BCUT2D eigenvalue weighted by atomic mass is 15.2. The maximum atomic E-state index is 4.85. The van der Waals surface area contributed by atoms with Crippen molar-refractivity contribution in [3.05, 3.63) is 66.5 Å². The monoisotopic (exact) mass is 375 g/mol. The zero-order chi connectivity index (χ0) is 19.8. The Morgan fingerprint density at radius 1 is 0.821 bits per heavy atom. The van der Waals surface area contributed by atoms with Gasteiger partial charge in [-0.15, -0.1) is 0 Å². The Morgan fingerprint density at radius 3 is 2.11 bits per heavy atom. The summed E-state index contributed by atoms with van der Waals surface area (Å²) in [5.74, 6) is 2.68. The van der Waals surface area contributed by atoms with Gasteiger partial charge >= 0.3 is 0 Å². The molecule has 2 aromatic heterocycles. The predicted octanol–water partition coefficient (Wildman–Crippen LogP) is 4.45. The molecule has 3 rings (SSSR count). The predicted molar refractivity (Wildman–Crippen MR) is 117 cm³/mol. The molecule has 5 nitrogen and oxygen atoms in total. The van der Waals surface area contributed by atoms with E-state index >= 15 is 0 Å². The molecule has 0 bridgehead atoms. The molecule has 0 spiro atoms. The van der Waals surface area contributed by atoms with E-state index in [1.54, 1.807) is 0 Å². The number of rotatable bonds is 9. The van der Waals surface area contributed by atoms with Crippen LogP contribution in [0.1, 0.15) is 25.3 Å². The summed E-state index contributed by atoms with van der Waals surface area (Å²) in [6.07, 6.45) is 6.95. The van der Waals surface area contributed by atoms with Crippen molar-refractivity contribution in [1.29, 1.82) is 0 Å². The largest absolute Gasteiger partial charge is 0.359 e. The first kappa shape index (κ1) is 19.8. The Morgan fingerprint density at radius 2 is 1.46 bits per heavy atom. The summed E-state index contributed by atoms with van der Waals surface area (Å²) in [6, 6.07) is 16.4. The lowest BCUT2D eigenvalue weighted by Gasteiger charge is -2.23. The SMILES string of the molecule is CCCCN(C)c1cc(N(C)CCc2ccncc2)nc(-c2ccccc2)n1. The van der Waals surface area contributed by atoms with Crippen LogP contribution >= 0.6 is 0 Å². The lowest BCUT2D eigenvalue weighted by molar-refractivity contribution is 0.757. The Kier molecular flexibility index (Phi) is 6.95. The number of unbranched alkanes of at least 4 members (excludes halogenated alkanes) is 1. The zero-order valence-electron chi connectivity index (χ0n) is 17.0. The third-order valence-electron chi connectivity index (χ3n) is 4.85. The van der Waals surface area contributed by atoms with E-state index in [4.69, 9.17) is 9.97 Å². The maximum Gasteiger partial charge on any atom is 0.163 e. The summed E-state index contributed by atoms with van der Waals surface area (Å²) in [7, 11) is 4.20. The van der Waals surface area contributed by atoms with Crippen LogP contribution in [0.15, 0.2) is 60.9 Å². The average molecular weight is 376 g/mol. The molecule has 0 saturated heterocycles. The molecule has 0 aliphatic heterocycles. The minimum atomic E-state index is 0.771. The summed E-state index contributed by atoms with van der Waals surface area (Å²) >= 11 is 0. The minimum Gasteiger partial charge on any atom is -0.359 e. The molecule has 0 N–H and O–H groups in total. The Balaban J connectivity index is 1.85. The molecule has 0 atom stereocenters. The van der Waals surface area contributed by atoms with E-state index in [1.165, 1.54) is 12.0 Å². The number of hydrogen-bond acceptors (Lipinski definition) is 5. The Hall–Kier alpha value is -2.95. The van der Waals surface area contributed by atoms with Gasteiger partial charge in [0.2, 0.25) is 0 Å². The quantitative estimate of drug-likeness (QED) is 0.553. The second-order valence-electron chi connectivity index (χ2n) is 7.08. The summed E-state index contributed by atoms with van der Waals surface area (Å²) < 4.78 is 0. The minimum absolute atomic E-state index is 0.771. The third-order valence-corrected chi connectivity index (χ3v) is 4.85. The van der Waals surface area contributed by atoms with Crippen molar-refractivity contribution in [2.75, 3.05) is 37.0 Å². The van der Waals surface area contributed by atoms with Crippen LogP contribution in [0.25, 0.3) is 11.4 Å². The summed E-state index contributed by atoms with van der Waals surface area (Å²) in [6.45, 7) is 4.08. The molecular weight excluding hydrogens is 346 g/mol. The summed E-state index contributed by atoms with van der Waals surface area (Å²) in [4.78, 5) is 18.2. The molecule has 0 aliphatic carbocycles. The van der Waals surface area contributed by atoms with Crippen molar-refractivity contribution >= 4 is 11.6 Å². The van der Waals surface area contributed by atoms with E-state index in [0.29, 0.717) is 0 Å². The van der Waals surface area contributed by atoms with Gasteiger partial charge < -0.3 is 9.80 Å². The normalized spacial score (nSPS) is 10.7. The van der Waals surface area contributed by atoms with Gasteiger partial charge in [0.1, 0.15) is 11.6 Å². The highest BCUT2D eigenvalue weighted by Gasteiger charge is 2.13. The standard InChI is InChI=1S/C23H29N5/c1-4-5-16-27(2)21-18-22(26-23(25-21)20-9-7-6-8-10-20)28(3)17-13-19-11-14-24-15-12-19/h6-12,14-15,18H,4-5,13,16-17H2,1-3H3. The molecule has 1 aromatic carbocycles. The lowest BCUT2D eigenvalue weighted by atomic mass is 10.2. The van der Waals surface area contributed by atoms with Crippen LogP contribution < -0.4 is 9.80 Å². The van der Waals surface area contributed by atoms with Crippen LogP contribution in [-0.4, -0.2) is 42.1 Å². The van der Waals surface area contributed by atoms with Gasteiger partial charge in [0.25, 0.3) is 0 Å². The van der Waals surface area contributed by atoms with E-state index in [9.17, 15) is 0 Å². The van der Waals surface area contributed by atoms with E-state index in [1.807, 2.05) is 30.6 Å². The first-order valence-electron chi connectivity index (χ1n) is 9.93. The second kappa shape index (κ2) is 9.83. The molecule has 0 unspecified atom stereocenters. The van der Waals surface area contributed by atoms with Crippen molar-refractivity contribution in [3.63, 3.8) is 0 Å². The van der Waals surface area contributed by atoms with Gasteiger partial charge in [-0.3, -0.25) is 4.98 Å². The molecule has 0 radical (unpaired) electrons. The molecule has 5 heteroatoms. The lowest BCUT2D eigenvalue weighted by Crippen LogP contribution is -2.24. The topological polar surface area (TPSA) is 45.2 Å². The van der Waals surface area contributed by atoms with Crippen molar-refractivity contribution < 1.29 is 0 Å². The number of nitrogens with zero attached hydrogens (tertiary/aromatic N) is 5. The van der Waals surface area contributed by atoms with Gasteiger partial charge in [-0.2, -0.15) is 0 Å². The molecule has 146 valence electrons. The molecule has 28 heavy (non-hydrogen) atoms. The number of hydrogen-bond donors (Lipinski definition) is 0. The smallest absolute Gasteiger partial charge is 0.163 e. The van der Waals surface area contributed by atoms with Gasteiger partial charge in [-0.25, -0.2) is 9.97 Å². The number of aromatic nitrogens is 3. The van der Waals surface area contributed by atoms with Crippen molar-refractivity contribution in [2.45, 2.75) is 26.2 Å². The maximum absolute atomic E-state index is 4.85. The van der Waals surface area contributed by atoms with Crippen LogP contribution in [0.4, 0.5) is 11.6 Å². The van der Waals surface area contributed by atoms with Crippen molar-refractivity contribution in [1.82, 2.24) is 15.0 Å². The fraction of sp³-hybridized carbons (Fsp3) is 0.348. The van der Waals surface area contributed by atoms with Gasteiger partial charge in [-0.1, -0.05) is 43.7 Å². The van der Waals surface area contributed by atoms with E-state index in [0.717, 1.165) is 49.0 Å². The van der Waals surface area contributed by atoms with Crippen LogP contribution in [0.5, 0.6) is 0 Å². The average Bonchev–Trinajstić information content (AvgIpc) is 2.76. The third kappa shape index (κ3) is 5.28. The van der Waals surface area contributed by atoms with Crippen LogP contribution in [0, 0.1) is 0 Å². The number of likely N-dealkylation sites (N-methyl/N-ethyl adjacent to an activating group) is 1. The molecule has 0 amide bonds. The molecule has 0 fully saturated rings. The second-order valence-corrected chi connectivity index (χ2v) is 7.08.